The molecule has 28 heavy (non-hydrogen) atoms. The van der Waals surface area contributed by atoms with Gasteiger partial charge in [-0.1, -0.05) is 48.9 Å². The van der Waals surface area contributed by atoms with Gasteiger partial charge in [-0.05, 0) is 35.6 Å². The minimum atomic E-state index is -4.25. The second kappa shape index (κ2) is 8.50. The molecule has 5 nitrogen and oxygen atoms in total. The first-order chi connectivity index (χ1) is 13.3. The SMILES string of the molecule is O=C(Cc1ccc2ccccc2c1)NNC(=O)N[C@@H]1CCC[C@H](C(F)(F)F)C1. The fraction of sp³-hybridized carbons (Fsp3) is 0.400. The number of carbonyl (C=O) groups excluding carboxylic acids is 2. The number of amides is 3. The molecule has 3 rings (SSSR count). The Morgan fingerprint density at radius 1 is 1.00 bits per heavy atom. The van der Waals surface area contributed by atoms with Gasteiger partial charge in [0.25, 0.3) is 0 Å². The monoisotopic (exact) mass is 393 g/mol. The summed E-state index contributed by atoms with van der Waals surface area (Å²) < 4.78 is 38.5. The first-order valence-corrected chi connectivity index (χ1v) is 9.21. The second-order valence-corrected chi connectivity index (χ2v) is 7.11. The summed E-state index contributed by atoms with van der Waals surface area (Å²) in [4.78, 5) is 23.9. The largest absolute Gasteiger partial charge is 0.391 e. The van der Waals surface area contributed by atoms with Crippen LogP contribution in [0.2, 0.25) is 0 Å². The Hall–Kier alpha value is -2.77. The highest BCUT2D eigenvalue weighted by atomic mass is 19.4. The highest BCUT2D eigenvalue weighted by Crippen LogP contribution is 2.37. The molecule has 0 aliphatic heterocycles. The summed E-state index contributed by atoms with van der Waals surface area (Å²) in [6, 6.07) is 12.1. The average molecular weight is 393 g/mol. The molecule has 0 unspecified atom stereocenters. The molecule has 2 aromatic carbocycles. The van der Waals surface area contributed by atoms with Crippen LogP contribution in [0.3, 0.4) is 0 Å². The van der Waals surface area contributed by atoms with Gasteiger partial charge in [0.05, 0.1) is 12.3 Å². The first-order valence-electron chi connectivity index (χ1n) is 9.21. The van der Waals surface area contributed by atoms with Crippen molar-refractivity contribution in [1.29, 1.82) is 0 Å². The van der Waals surface area contributed by atoms with E-state index in [-0.39, 0.29) is 19.3 Å². The van der Waals surface area contributed by atoms with Crippen LogP contribution in [-0.2, 0) is 11.2 Å². The van der Waals surface area contributed by atoms with Crippen molar-refractivity contribution < 1.29 is 22.8 Å². The van der Waals surface area contributed by atoms with E-state index in [1.54, 1.807) is 0 Å². The van der Waals surface area contributed by atoms with Crippen molar-refractivity contribution in [3.8, 4) is 0 Å². The molecule has 1 saturated carbocycles. The van der Waals surface area contributed by atoms with Crippen molar-refractivity contribution in [3.05, 3.63) is 48.0 Å². The first kappa shape index (κ1) is 20.0. The molecular formula is C20H22F3N3O2. The number of nitrogens with one attached hydrogen (secondary N) is 3. The predicted molar refractivity (Wildman–Crippen MR) is 99.3 cm³/mol. The van der Waals surface area contributed by atoms with Crippen LogP contribution in [-0.4, -0.2) is 24.2 Å². The van der Waals surface area contributed by atoms with Crippen LogP contribution >= 0.6 is 0 Å². The number of fused-ring (bicyclic) bond motifs is 1. The number of hydrogen-bond acceptors (Lipinski definition) is 2. The molecule has 1 aliphatic rings. The summed E-state index contributed by atoms with van der Waals surface area (Å²) >= 11 is 0. The Bertz CT molecular complexity index is 854. The number of hydrogen-bond donors (Lipinski definition) is 3. The summed E-state index contributed by atoms with van der Waals surface area (Å²) in [5.74, 6) is -1.81. The van der Waals surface area contributed by atoms with Gasteiger partial charge in [-0.15, -0.1) is 0 Å². The van der Waals surface area contributed by atoms with E-state index < -0.39 is 30.1 Å². The van der Waals surface area contributed by atoms with Gasteiger partial charge in [0.15, 0.2) is 0 Å². The fourth-order valence-electron chi connectivity index (χ4n) is 3.54. The summed E-state index contributed by atoms with van der Waals surface area (Å²) in [5, 5.41) is 4.57. The normalized spacial score (nSPS) is 19.8. The lowest BCUT2D eigenvalue weighted by molar-refractivity contribution is -0.183. The highest BCUT2D eigenvalue weighted by Gasteiger charge is 2.42. The molecular weight excluding hydrogens is 371 g/mol. The van der Waals surface area contributed by atoms with Gasteiger partial charge in [-0.2, -0.15) is 13.2 Å². The highest BCUT2D eigenvalue weighted by molar-refractivity contribution is 5.86. The van der Waals surface area contributed by atoms with Crippen molar-refractivity contribution in [2.24, 2.45) is 5.92 Å². The van der Waals surface area contributed by atoms with E-state index in [4.69, 9.17) is 0 Å². The molecule has 1 fully saturated rings. The zero-order valence-corrected chi connectivity index (χ0v) is 15.2. The van der Waals surface area contributed by atoms with Crippen LogP contribution in [0, 0.1) is 5.92 Å². The van der Waals surface area contributed by atoms with Crippen molar-refractivity contribution in [1.82, 2.24) is 16.2 Å². The van der Waals surface area contributed by atoms with Crippen molar-refractivity contribution >= 4 is 22.7 Å². The van der Waals surface area contributed by atoms with E-state index in [1.807, 2.05) is 42.5 Å². The molecule has 0 radical (unpaired) electrons. The van der Waals surface area contributed by atoms with Crippen molar-refractivity contribution in [3.63, 3.8) is 0 Å². The molecule has 0 spiro atoms. The average Bonchev–Trinajstić information content (AvgIpc) is 2.66. The van der Waals surface area contributed by atoms with Crippen LogP contribution in [0.4, 0.5) is 18.0 Å². The van der Waals surface area contributed by atoms with E-state index in [2.05, 4.69) is 16.2 Å². The third-order valence-corrected chi connectivity index (χ3v) is 4.97. The van der Waals surface area contributed by atoms with E-state index in [1.165, 1.54) is 0 Å². The van der Waals surface area contributed by atoms with E-state index in [9.17, 15) is 22.8 Å². The van der Waals surface area contributed by atoms with Gasteiger partial charge in [-0.3, -0.25) is 10.2 Å². The lowest BCUT2D eigenvalue weighted by Gasteiger charge is -2.30. The predicted octanol–water partition coefficient (Wildman–Crippen LogP) is 3.83. The smallest absolute Gasteiger partial charge is 0.334 e. The third-order valence-electron chi connectivity index (χ3n) is 4.97. The standard InChI is InChI=1S/C20H22F3N3O2/c21-20(22,23)16-6-3-7-17(12-16)24-19(28)26-25-18(27)11-13-8-9-14-4-1-2-5-15(14)10-13/h1-2,4-5,8-10,16-17H,3,6-7,11-12H2,(H,25,27)(H2,24,26,28)/t16-,17+/m0/s1. The maximum Gasteiger partial charge on any atom is 0.391 e. The van der Waals surface area contributed by atoms with E-state index in [0.717, 1.165) is 16.3 Å². The maximum absolute atomic E-state index is 12.8. The zero-order chi connectivity index (χ0) is 20.1. The topological polar surface area (TPSA) is 70.2 Å². The molecule has 3 amide bonds. The molecule has 3 N–H and O–H groups in total. The van der Waals surface area contributed by atoms with Crippen molar-refractivity contribution in [2.75, 3.05) is 0 Å². The molecule has 2 aromatic rings. The minimum Gasteiger partial charge on any atom is -0.334 e. The minimum absolute atomic E-state index is 0.0741. The molecule has 2 atom stereocenters. The van der Waals surface area contributed by atoms with Crippen LogP contribution in [0.1, 0.15) is 31.2 Å². The van der Waals surface area contributed by atoms with Gasteiger partial charge < -0.3 is 5.32 Å². The van der Waals surface area contributed by atoms with Crippen LogP contribution in [0.15, 0.2) is 42.5 Å². The Kier molecular flexibility index (Phi) is 6.06. The zero-order valence-electron chi connectivity index (χ0n) is 15.2. The van der Waals surface area contributed by atoms with Crippen LogP contribution in [0.25, 0.3) is 10.8 Å². The number of benzene rings is 2. The van der Waals surface area contributed by atoms with Gasteiger partial charge >= 0.3 is 12.2 Å². The van der Waals surface area contributed by atoms with Crippen LogP contribution < -0.4 is 16.2 Å². The summed E-state index contributed by atoms with van der Waals surface area (Å²) in [6.07, 6.45) is -3.32. The Morgan fingerprint density at radius 3 is 2.50 bits per heavy atom. The number of carbonyl (C=O) groups is 2. The summed E-state index contributed by atoms with van der Waals surface area (Å²) in [5.41, 5.74) is 5.29. The number of hydrazine groups is 1. The van der Waals surface area contributed by atoms with Crippen molar-refractivity contribution in [2.45, 2.75) is 44.3 Å². The van der Waals surface area contributed by atoms with Gasteiger partial charge in [0, 0.05) is 6.04 Å². The second-order valence-electron chi connectivity index (χ2n) is 7.11. The molecule has 0 aromatic heterocycles. The van der Waals surface area contributed by atoms with E-state index >= 15 is 0 Å². The molecule has 8 heteroatoms. The fourth-order valence-corrected chi connectivity index (χ4v) is 3.54. The molecule has 0 heterocycles. The maximum atomic E-state index is 12.8. The van der Waals surface area contributed by atoms with E-state index in [0.29, 0.717) is 12.8 Å². The Morgan fingerprint density at radius 2 is 1.75 bits per heavy atom. The summed E-state index contributed by atoms with van der Waals surface area (Å²) in [6.45, 7) is 0. The quantitative estimate of drug-likeness (QED) is 0.694. The molecule has 1 aliphatic carbocycles. The lowest BCUT2D eigenvalue weighted by Crippen LogP contribution is -2.51. The van der Waals surface area contributed by atoms with Crippen LogP contribution in [0.5, 0.6) is 0 Å². The number of alkyl halides is 3. The summed E-state index contributed by atoms with van der Waals surface area (Å²) in [7, 11) is 0. The van der Waals surface area contributed by atoms with Gasteiger partial charge in [0.2, 0.25) is 5.91 Å². The molecule has 0 saturated heterocycles. The Balaban J connectivity index is 1.45. The molecule has 0 bridgehead atoms. The number of urea groups is 1. The van der Waals surface area contributed by atoms with Gasteiger partial charge in [-0.25, -0.2) is 10.2 Å². The molecule has 150 valence electrons. The lowest BCUT2D eigenvalue weighted by atomic mass is 9.85. The number of halogens is 3. The Labute approximate surface area is 160 Å². The number of rotatable bonds is 3. The third kappa shape index (κ3) is 5.37. The van der Waals surface area contributed by atoms with Gasteiger partial charge in [0.1, 0.15) is 0 Å².